The van der Waals surface area contributed by atoms with E-state index in [-0.39, 0.29) is 5.41 Å². The molecule has 0 aliphatic heterocycles. The van der Waals surface area contributed by atoms with Gasteiger partial charge in [0.15, 0.2) is 0 Å². The molecule has 0 saturated carbocycles. The first kappa shape index (κ1) is 9.45. The molecule has 14 heavy (non-hydrogen) atoms. The molecular weight excluding hydrogens is 172 g/mol. The zero-order chi connectivity index (χ0) is 10.3. The van der Waals surface area contributed by atoms with E-state index in [1.54, 1.807) is 0 Å². The second kappa shape index (κ2) is 2.94. The van der Waals surface area contributed by atoms with Gasteiger partial charge in [0.2, 0.25) is 0 Å². The van der Waals surface area contributed by atoms with Crippen molar-refractivity contribution in [3.63, 3.8) is 0 Å². The normalized spacial score (nSPS) is 23.2. The van der Waals surface area contributed by atoms with Gasteiger partial charge in [-0.3, -0.25) is 4.79 Å². The van der Waals surface area contributed by atoms with Gasteiger partial charge >= 0.3 is 0 Å². The molecule has 1 unspecified atom stereocenters. The molecule has 1 heteroatoms. The average Bonchev–Trinajstić information content (AvgIpc) is 2.37. The van der Waals surface area contributed by atoms with E-state index in [1.165, 1.54) is 17.5 Å². The third-order valence-corrected chi connectivity index (χ3v) is 3.29. The average molecular weight is 188 g/mol. The molecule has 1 aromatic carbocycles. The Morgan fingerprint density at radius 3 is 2.79 bits per heavy atom. The molecule has 2 rings (SSSR count). The van der Waals surface area contributed by atoms with Gasteiger partial charge in [-0.25, -0.2) is 0 Å². The first-order valence-electron chi connectivity index (χ1n) is 5.14. The maximum Gasteiger partial charge on any atom is 0.150 e. The van der Waals surface area contributed by atoms with Crippen LogP contribution in [0.5, 0.6) is 0 Å². The summed E-state index contributed by atoms with van der Waals surface area (Å²) in [6, 6.07) is 6.08. The predicted octanol–water partition coefficient (Wildman–Crippen LogP) is 3.28. The Balaban J connectivity index is 2.57. The molecule has 0 saturated heterocycles. The highest BCUT2D eigenvalue weighted by Gasteiger charge is 2.34. The summed E-state index contributed by atoms with van der Waals surface area (Å²) < 4.78 is 0. The molecule has 0 radical (unpaired) electrons. The smallest absolute Gasteiger partial charge is 0.150 e. The number of carbonyl (C=O) groups is 1. The molecule has 0 aromatic heterocycles. The van der Waals surface area contributed by atoms with Crippen LogP contribution in [-0.2, 0) is 5.41 Å². The second-order valence-corrected chi connectivity index (χ2v) is 4.95. The van der Waals surface area contributed by atoms with E-state index in [4.69, 9.17) is 0 Å². The van der Waals surface area contributed by atoms with E-state index in [2.05, 4.69) is 26.8 Å². The minimum Gasteiger partial charge on any atom is -0.298 e. The molecule has 0 spiro atoms. The van der Waals surface area contributed by atoms with Crippen LogP contribution in [0.1, 0.15) is 54.6 Å². The van der Waals surface area contributed by atoms with Gasteiger partial charge in [0.25, 0.3) is 0 Å². The fourth-order valence-corrected chi connectivity index (χ4v) is 2.66. The lowest BCUT2D eigenvalue weighted by Crippen LogP contribution is -2.11. The molecule has 74 valence electrons. The molecule has 1 atom stereocenters. The van der Waals surface area contributed by atoms with Crippen LogP contribution in [0.2, 0.25) is 0 Å². The molecule has 0 bridgehead atoms. The van der Waals surface area contributed by atoms with Crippen LogP contribution in [0.3, 0.4) is 0 Å². The van der Waals surface area contributed by atoms with Crippen LogP contribution >= 0.6 is 0 Å². The van der Waals surface area contributed by atoms with Crippen molar-refractivity contribution >= 4 is 6.29 Å². The summed E-state index contributed by atoms with van der Waals surface area (Å²) in [4.78, 5) is 10.7. The van der Waals surface area contributed by atoms with Crippen molar-refractivity contribution in [3.05, 3.63) is 34.9 Å². The number of hydrogen-bond acceptors (Lipinski definition) is 1. The molecule has 0 fully saturated rings. The maximum absolute atomic E-state index is 10.7. The Morgan fingerprint density at radius 2 is 2.14 bits per heavy atom. The molecule has 0 heterocycles. The summed E-state index contributed by atoms with van der Waals surface area (Å²) >= 11 is 0. The van der Waals surface area contributed by atoms with E-state index in [1.807, 2.05) is 12.1 Å². The first-order chi connectivity index (χ1) is 6.54. The molecule has 0 amide bonds. The Morgan fingerprint density at radius 1 is 1.43 bits per heavy atom. The largest absolute Gasteiger partial charge is 0.298 e. The summed E-state index contributed by atoms with van der Waals surface area (Å²) in [6.07, 6.45) is 2.11. The number of hydrogen-bond donors (Lipinski definition) is 0. The van der Waals surface area contributed by atoms with Gasteiger partial charge in [-0.15, -0.1) is 0 Å². The third-order valence-electron chi connectivity index (χ3n) is 3.29. The molecular formula is C13H16O. The van der Waals surface area contributed by atoms with Crippen molar-refractivity contribution in [2.24, 2.45) is 0 Å². The SMILES string of the molecule is CC1CC(C)(C)c2ccc(C=O)cc21. The summed E-state index contributed by atoms with van der Waals surface area (Å²) in [5.41, 5.74) is 3.85. The molecule has 1 aliphatic rings. The van der Waals surface area contributed by atoms with Crippen molar-refractivity contribution in [3.8, 4) is 0 Å². The number of carbonyl (C=O) groups excluding carboxylic acids is 1. The van der Waals surface area contributed by atoms with Crippen LogP contribution in [0.4, 0.5) is 0 Å². The Bertz CT molecular complexity index is 377. The van der Waals surface area contributed by atoms with E-state index in [0.717, 1.165) is 11.8 Å². The van der Waals surface area contributed by atoms with Crippen molar-refractivity contribution in [2.45, 2.75) is 38.5 Å². The highest BCUT2D eigenvalue weighted by molar-refractivity contribution is 5.75. The van der Waals surface area contributed by atoms with Gasteiger partial charge in [0.1, 0.15) is 6.29 Å². The topological polar surface area (TPSA) is 17.1 Å². The minimum atomic E-state index is 0.274. The number of rotatable bonds is 1. The summed E-state index contributed by atoms with van der Waals surface area (Å²) in [7, 11) is 0. The standard InChI is InChI=1S/C13H16O/c1-9-7-13(2,3)12-5-4-10(8-14)6-11(9)12/h4-6,8-9H,7H2,1-3H3. The zero-order valence-electron chi connectivity index (χ0n) is 9.00. The van der Waals surface area contributed by atoms with Gasteiger partial charge in [0.05, 0.1) is 0 Å². The van der Waals surface area contributed by atoms with Crippen molar-refractivity contribution in [1.82, 2.24) is 0 Å². The monoisotopic (exact) mass is 188 g/mol. The van der Waals surface area contributed by atoms with E-state index in [0.29, 0.717) is 5.92 Å². The van der Waals surface area contributed by atoms with Crippen LogP contribution in [0.15, 0.2) is 18.2 Å². The van der Waals surface area contributed by atoms with Crippen molar-refractivity contribution in [2.75, 3.05) is 0 Å². The van der Waals surface area contributed by atoms with Crippen molar-refractivity contribution < 1.29 is 4.79 Å². The molecule has 1 aliphatic carbocycles. The van der Waals surface area contributed by atoms with Gasteiger partial charge in [-0.2, -0.15) is 0 Å². The molecule has 1 nitrogen and oxygen atoms in total. The molecule has 0 N–H and O–H groups in total. The maximum atomic E-state index is 10.7. The quantitative estimate of drug-likeness (QED) is 0.618. The lowest BCUT2D eigenvalue weighted by atomic mass is 9.86. The Kier molecular flexibility index (Phi) is 1.99. The highest BCUT2D eigenvalue weighted by atomic mass is 16.1. The number of benzene rings is 1. The Labute approximate surface area is 85.1 Å². The van der Waals surface area contributed by atoms with Crippen LogP contribution in [0, 0.1) is 0 Å². The minimum absolute atomic E-state index is 0.274. The lowest BCUT2D eigenvalue weighted by molar-refractivity contribution is 0.112. The van der Waals surface area contributed by atoms with Gasteiger partial charge in [-0.1, -0.05) is 32.9 Å². The van der Waals surface area contributed by atoms with Crippen molar-refractivity contribution in [1.29, 1.82) is 0 Å². The third kappa shape index (κ3) is 1.28. The predicted molar refractivity (Wildman–Crippen MR) is 57.9 cm³/mol. The van der Waals surface area contributed by atoms with E-state index >= 15 is 0 Å². The van der Waals surface area contributed by atoms with Crippen LogP contribution in [0.25, 0.3) is 0 Å². The fraction of sp³-hybridized carbons (Fsp3) is 0.462. The Hall–Kier alpha value is -1.11. The lowest BCUT2D eigenvalue weighted by Gasteiger charge is -2.18. The van der Waals surface area contributed by atoms with Crippen LogP contribution < -0.4 is 0 Å². The van der Waals surface area contributed by atoms with Gasteiger partial charge < -0.3 is 0 Å². The summed E-state index contributed by atoms with van der Waals surface area (Å²) in [5.74, 6) is 0.583. The summed E-state index contributed by atoms with van der Waals surface area (Å²) in [5, 5.41) is 0. The first-order valence-corrected chi connectivity index (χ1v) is 5.14. The second-order valence-electron chi connectivity index (χ2n) is 4.95. The molecule has 1 aromatic rings. The highest BCUT2D eigenvalue weighted by Crippen LogP contribution is 2.45. The zero-order valence-corrected chi connectivity index (χ0v) is 9.00. The van der Waals surface area contributed by atoms with E-state index in [9.17, 15) is 4.79 Å². The number of fused-ring (bicyclic) bond motifs is 1. The van der Waals surface area contributed by atoms with Crippen LogP contribution in [-0.4, -0.2) is 6.29 Å². The summed E-state index contributed by atoms with van der Waals surface area (Å²) in [6.45, 7) is 6.79. The van der Waals surface area contributed by atoms with E-state index < -0.39 is 0 Å². The number of aldehydes is 1. The fourth-order valence-electron chi connectivity index (χ4n) is 2.66. The van der Waals surface area contributed by atoms with Gasteiger partial charge in [0, 0.05) is 5.56 Å². The van der Waals surface area contributed by atoms with Gasteiger partial charge in [-0.05, 0) is 34.9 Å².